The number of fused-ring (bicyclic) bond motifs is 2. The van der Waals surface area contributed by atoms with Crippen LogP contribution in [0.1, 0.15) is 21.7 Å². The zero-order valence-corrected chi connectivity index (χ0v) is 22.5. The largest absolute Gasteiger partial charge is 0.454 e. The van der Waals surface area contributed by atoms with Crippen LogP contribution in [0.2, 0.25) is 0 Å². The van der Waals surface area contributed by atoms with Gasteiger partial charge in [-0.25, -0.2) is 4.98 Å². The molecule has 0 spiro atoms. The van der Waals surface area contributed by atoms with Crippen molar-refractivity contribution < 1.29 is 14.3 Å². The van der Waals surface area contributed by atoms with Gasteiger partial charge in [-0.1, -0.05) is 48.5 Å². The van der Waals surface area contributed by atoms with Crippen LogP contribution in [0.3, 0.4) is 0 Å². The van der Waals surface area contributed by atoms with E-state index in [0.29, 0.717) is 18.8 Å². The third kappa shape index (κ3) is 4.60. The van der Waals surface area contributed by atoms with Crippen molar-refractivity contribution in [2.75, 3.05) is 40.0 Å². The summed E-state index contributed by atoms with van der Waals surface area (Å²) < 4.78 is 15.2. The van der Waals surface area contributed by atoms with Gasteiger partial charge in [0, 0.05) is 50.7 Å². The molecule has 2 aliphatic rings. The Morgan fingerprint density at radius 1 is 0.875 bits per heavy atom. The van der Waals surface area contributed by atoms with Gasteiger partial charge in [-0.05, 0) is 47.1 Å². The van der Waals surface area contributed by atoms with E-state index in [1.54, 1.807) is 0 Å². The number of carbonyl (C=O) groups is 1. The van der Waals surface area contributed by atoms with Crippen LogP contribution < -0.4 is 9.47 Å². The summed E-state index contributed by atoms with van der Waals surface area (Å²) in [6, 6.07) is 22.8. The Balaban J connectivity index is 1.24. The third-order valence-corrected chi connectivity index (χ3v) is 7.93. The fourth-order valence-corrected chi connectivity index (χ4v) is 5.65. The van der Waals surface area contributed by atoms with E-state index in [0.717, 1.165) is 60.1 Å². The molecule has 40 heavy (non-hydrogen) atoms. The molecule has 0 aliphatic carbocycles. The molecule has 0 bridgehead atoms. The molecular formula is C32H31N5O3. The SMILES string of the molecule is CN1CCN(C(=O)c2cc(-c3cccc4ccccc34)cn2Cc2cncn2Cc2ccc3c(c2)OCO3)CC1. The molecule has 0 atom stereocenters. The highest BCUT2D eigenvalue weighted by Crippen LogP contribution is 2.33. The average molecular weight is 534 g/mol. The molecule has 5 aromatic rings. The van der Waals surface area contributed by atoms with Gasteiger partial charge in [-0.3, -0.25) is 4.79 Å². The van der Waals surface area contributed by atoms with E-state index in [-0.39, 0.29) is 12.7 Å². The molecule has 7 rings (SSSR count). The highest BCUT2D eigenvalue weighted by Gasteiger charge is 2.25. The minimum Gasteiger partial charge on any atom is -0.454 e. The van der Waals surface area contributed by atoms with E-state index in [9.17, 15) is 4.79 Å². The number of ether oxygens (including phenoxy) is 2. The van der Waals surface area contributed by atoms with Gasteiger partial charge in [0.1, 0.15) is 5.69 Å². The molecule has 202 valence electrons. The van der Waals surface area contributed by atoms with Crippen molar-refractivity contribution in [3.63, 3.8) is 0 Å². The maximum absolute atomic E-state index is 13.9. The van der Waals surface area contributed by atoms with Gasteiger partial charge in [0.05, 0.1) is 18.6 Å². The van der Waals surface area contributed by atoms with Gasteiger partial charge in [0.25, 0.3) is 5.91 Å². The quantitative estimate of drug-likeness (QED) is 0.316. The van der Waals surface area contributed by atoms with Crippen LogP contribution in [-0.4, -0.2) is 69.8 Å². The second-order valence-electron chi connectivity index (χ2n) is 10.6. The van der Waals surface area contributed by atoms with Crippen molar-refractivity contribution in [1.29, 1.82) is 0 Å². The minimum absolute atomic E-state index is 0.0708. The average Bonchev–Trinajstić information content (AvgIpc) is 3.73. The molecule has 0 N–H and O–H groups in total. The number of rotatable bonds is 6. The summed E-state index contributed by atoms with van der Waals surface area (Å²) in [5.74, 6) is 1.61. The summed E-state index contributed by atoms with van der Waals surface area (Å²) in [4.78, 5) is 22.6. The van der Waals surface area contributed by atoms with Crippen LogP contribution in [0.4, 0.5) is 0 Å². The van der Waals surface area contributed by atoms with E-state index in [2.05, 4.69) is 80.8 Å². The van der Waals surface area contributed by atoms with E-state index in [1.165, 1.54) is 10.8 Å². The standard InChI is InChI=1S/C32H31N5O3/c1-34-11-13-35(14-12-34)32(38)29-16-25(28-8-4-6-24-5-2-3-7-27(24)28)19-36(29)20-26-17-33-21-37(26)18-23-9-10-30-31(15-23)40-22-39-30/h2-10,15-17,19,21H,11-14,18,20,22H2,1H3. The molecule has 8 heteroatoms. The fourth-order valence-electron chi connectivity index (χ4n) is 5.65. The molecule has 2 aromatic heterocycles. The van der Waals surface area contributed by atoms with Gasteiger partial charge < -0.3 is 28.4 Å². The molecule has 3 aromatic carbocycles. The summed E-state index contributed by atoms with van der Waals surface area (Å²) in [6.45, 7) is 4.65. The summed E-state index contributed by atoms with van der Waals surface area (Å²) >= 11 is 0. The fraction of sp³-hybridized carbons (Fsp3) is 0.250. The van der Waals surface area contributed by atoms with Crippen LogP contribution in [0.25, 0.3) is 21.9 Å². The Bertz CT molecular complexity index is 1690. The van der Waals surface area contributed by atoms with Crippen LogP contribution in [-0.2, 0) is 13.1 Å². The Morgan fingerprint density at radius 2 is 1.70 bits per heavy atom. The van der Waals surface area contributed by atoms with Crippen LogP contribution >= 0.6 is 0 Å². The zero-order valence-electron chi connectivity index (χ0n) is 22.5. The Kier molecular flexibility index (Phi) is 6.24. The molecule has 1 saturated heterocycles. The normalized spacial score (nSPS) is 15.2. The summed E-state index contributed by atoms with van der Waals surface area (Å²) in [6.07, 6.45) is 5.84. The number of hydrogen-bond donors (Lipinski definition) is 0. The number of imidazole rings is 1. The predicted octanol–water partition coefficient (Wildman–Crippen LogP) is 4.72. The number of benzene rings is 3. The maximum Gasteiger partial charge on any atom is 0.270 e. The number of aromatic nitrogens is 3. The van der Waals surface area contributed by atoms with Crippen molar-refractivity contribution in [1.82, 2.24) is 23.9 Å². The second-order valence-corrected chi connectivity index (χ2v) is 10.6. The van der Waals surface area contributed by atoms with Crippen molar-refractivity contribution in [2.24, 2.45) is 0 Å². The first-order valence-corrected chi connectivity index (χ1v) is 13.7. The Labute approximate surface area is 233 Å². The van der Waals surface area contributed by atoms with E-state index >= 15 is 0 Å². The molecular weight excluding hydrogens is 502 g/mol. The molecule has 1 fully saturated rings. The number of hydrogen-bond acceptors (Lipinski definition) is 5. The van der Waals surface area contributed by atoms with Crippen molar-refractivity contribution >= 4 is 16.7 Å². The number of carbonyl (C=O) groups excluding carboxylic acids is 1. The number of nitrogens with zero attached hydrogens (tertiary/aromatic N) is 5. The number of likely N-dealkylation sites (N-methyl/N-ethyl adjacent to an activating group) is 1. The number of amides is 1. The van der Waals surface area contributed by atoms with Gasteiger partial charge in [-0.2, -0.15) is 0 Å². The lowest BCUT2D eigenvalue weighted by molar-refractivity contribution is 0.0653. The summed E-state index contributed by atoms with van der Waals surface area (Å²) in [7, 11) is 2.10. The monoisotopic (exact) mass is 533 g/mol. The summed E-state index contributed by atoms with van der Waals surface area (Å²) in [5, 5.41) is 2.36. The number of piperazine rings is 1. The highest BCUT2D eigenvalue weighted by molar-refractivity contribution is 5.99. The van der Waals surface area contributed by atoms with Gasteiger partial charge in [-0.15, -0.1) is 0 Å². The first-order chi connectivity index (χ1) is 19.6. The Morgan fingerprint density at radius 3 is 2.60 bits per heavy atom. The lowest BCUT2D eigenvalue weighted by Gasteiger charge is -2.32. The van der Waals surface area contributed by atoms with Crippen LogP contribution in [0, 0.1) is 0 Å². The van der Waals surface area contributed by atoms with Crippen LogP contribution in [0.15, 0.2) is 85.5 Å². The Hall–Kier alpha value is -4.56. The van der Waals surface area contributed by atoms with Crippen molar-refractivity contribution in [3.05, 3.63) is 102 Å². The van der Waals surface area contributed by atoms with E-state index < -0.39 is 0 Å². The van der Waals surface area contributed by atoms with Crippen molar-refractivity contribution in [3.8, 4) is 22.6 Å². The topological polar surface area (TPSA) is 64.8 Å². The lowest BCUT2D eigenvalue weighted by atomic mass is 10.0. The molecule has 4 heterocycles. The van der Waals surface area contributed by atoms with Crippen molar-refractivity contribution in [2.45, 2.75) is 13.1 Å². The lowest BCUT2D eigenvalue weighted by Crippen LogP contribution is -2.47. The first kappa shape index (κ1) is 24.5. The minimum atomic E-state index is 0.0708. The molecule has 0 saturated carbocycles. The summed E-state index contributed by atoms with van der Waals surface area (Å²) in [5.41, 5.74) is 4.98. The molecule has 8 nitrogen and oxygen atoms in total. The highest BCUT2D eigenvalue weighted by atomic mass is 16.7. The van der Waals surface area contributed by atoms with E-state index in [1.807, 2.05) is 35.6 Å². The molecule has 2 aliphatic heterocycles. The van der Waals surface area contributed by atoms with Crippen LogP contribution in [0.5, 0.6) is 11.5 Å². The second kappa shape index (κ2) is 10.2. The molecule has 0 unspecified atom stereocenters. The van der Waals surface area contributed by atoms with Gasteiger partial charge in [0.2, 0.25) is 6.79 Å². The van der Waals surface area contributed by atoms with Gasteiger partial charge >= 0.3 is 0 Å². The predicted molar refractivity (Wildman–Crippen MR) is 154 cm³/mol. The third-order valence-electron chi connectivity index (χ3n) is 7.93. The maximum atomic E-state index is 13.9. The van der Waals surface area contributed by atoms with E-state index in [4.69, 9.17) is 9.47 Å². The van der Waals surface area contributed by atoms with Gasteiger partial charge in [0.15, 0.2) is 11.5 Å². The first-order valence-electron chi connectivity index (χ1n) is 13.7. The molecule has 0 radical (unpaired) electrons. The smallest absolute Gasteiger partial charge is 0.270 e. The molecule has 1 amide bonds. The zero-order chi connectivity index (χ0) is 27.1.